The summed E-state index contributed by atoms with van der Waals surface area (Å²) in [5, 5.41) is 0. The highest BCUT2D eigenvalue weighted by molar-refractivity contribution is 6.29. The molecule has 0 heterocycles. The van der Waals surface area contributed by atoms with E-state index < -0.39 is 49.2 Å². The molecule has 4 nitrogen and oxygen atoms in total. The third-order valence-corrected chi connectivity index (χ3v) is 1.90. The lowest BCUT2D eigenvalue weighted by atomic mass is 10.3. The number of ether oxygens (including phenoxy) is 2. The van der Waals surface area contributed by atoms with Crippen LogP contribution in [0.3, 0.4) is 0 Å². The van der Waals surface area contributed by atoms with E-state index in [2.05, 4.69) is 9.47 Å². The number of rotatable bonds is 6. The Morgan fingerprint density at radius 3 is 1.57 bits per heavy atom. The average molecular weight is 352 g/mol. The molecule has 0 saturated carbocycles. The minimum atomic E-state index is -5.81. The van der Waals surface area contributed by atoms with Crippen molar-refractivity contribution in [2.75, 3.05) is 13.2 Å². The molecular formula is C12H11F7O4. The monoisotopic (exact) mass is 352 g/mol. The number of carbonyl (C=O) groups excluding carboxylic acids is 2. The van der Waals surface area contributed by atoms with Crippen LogP contribution >= 0.6 is 0 Å². The van der Waals surface area contributed by atoms with Crippen LogP contribution < -0.4 is 0 Å². The number of hydrogen-bond donors (Lipinski definition) is 0. The number of halogens is 7. The van der Waals surface area contributed by atoms with Crippen LogP contribution in [0.15, 0.2) is 24.3 Å². The highest BCUT2D eigenvalue weighted by Gasteiger charge is 2.55. The maximum atomic E-state index is 12.4. The van der Waals surface area contributed by atoms with Gasteiger partial charge in [-0.05, 0) is 24.3 Å². The molecule has 11 heteroatoms. The van der Waals surface area contributed by atoms with Crippen molar-refractivity contribution in [1.82, 2.24) is 0 Å². The number of hydrogen-bond acceptors (Lipinski definition) is 4. The molecule has 0 N–H and O–H groups in total. The zero-order valence-corrected chi connectivity index (χ0v) is 11.5. The van der Waals surface area contributed by atoms with Crippen LogP contribution in [0.4, 0.5) is 30.7 Å². The van der Waals surface area contributed by atoms with Crippen molar-refractivity contribution >= 4 is 11.9 Å². The number of esters is 2. The molecule has 0 bridgehead atoms. The van der Waals surface area contributed by atoms with Crippen LogP contribution in [0.2, 0.25) is 0 Å². The second-order valence-electron chi connectivity index (χ2n) is 4.08. The van der Waals surface area contributed by atoms with Gasteiger partial charge in [0.05, 0.1) is 0 Å². The van der Waals surface area contributed by atoms with Gasteiger partial charge in [-0.2, -0.15) is 22.0 Å². The molecular weight excluding hydrogens is 341 g/mol. The molecule has 0 rings (SSSR count). The summed E-state index contributed by atoms with van der Waals surface area (Å²) in [6, 6.07) is 0. The Morgan fingerprint density at radius 2 is 1.22 bits per heavy atom. The van der Waals surface area contributed by atoms with Gasteiger partial charge in [-0.1, -0.05) is 0 Å². The van der Waals surface area contributed by atoms with E-state index in [1.165, 1.54) is 0 Å². The van der Waals surface area contributed by atoms with Gasteiger partial charge < -0.3 is 9.47 Å². The fourth-order valence-corrected chi connectivity index (χ4v) is 0.911. The Hall–Kier alpha value is -2.07. The van der Waals surface area contributed by atoms with Gasteiger partial charge in [0.2, 0.25) is 0 Å². The third kappa shape index (κ3) is 8.83. The minimum absolute atomic E-state index is 0.191. The molecule has 0 fully saturated rings. The predicted molar refractivity (Wildman–Crippen MR) is 61.8 cm³/mol. The van der Waals surface area contributed by atoms with Crippen LogP contribution in [-0.2, 0) is 19.1 Å². The molecule has 132 valence electrons. The predicted octanol–water partition coefficient (Wildman–Crippen LogP) is 3.04. The molecule has 0 aliphatic carbocycles. The summed E-state index contributed by atoms with van der Waals surface area (Å²) in [6.45, 7) is -1.16. The van der Waals surface area contributed by atoms with E-state index >= 15 is 0 Å². The first-order chi connectivity index (χ1) is 10.3. The molecule has 0 radical (unpaired) electrons. The lowest BCUT2D eigenvalue weighted by molar-refractivity contribution is -0.259. The smallest absolute Gasteiger partial charge is 0.453 e. The average Bonchev–Trinajstić information content (AvgIpc) is 2.36. The summed E-state index contributed by atoms with van der Waals surface area (Å²) in [7, 11) is 0. The maximum absolute atomic E-state index is 12.4. The van der Waals surface area contributed by atoms with Crippen molar-refractivity contribution in [3.63, 3.8) is 0 Å². The molecule has 0 amide bonds. The number of alkyl halides is 7. The molecule has 0 aromatic heterocycles. The highest BCUT2D eigenvalue weighted by atomic mass is 19.4. The Kier molecular flexibility index (Phi) is 7.25. The standard InChI is InChI=1S/C12H11F7O4/c1-10(13,14)4-2-6-22-8(20)9(21)23-7-3-5-11(15,16)12(17,18)19/h2-5H,6-7H2,1H3. The fourth-order valence-electron chi connectivity index (χ4n) is 0.911. The normalized spacial score (nSPS) is 13.6. The van der Waals surface area contributed by atoms with Crippen molar-refractivity contribution in [3.05, 3.63) is 24.3 Å². The minimum Gasteiger partial charge on any atom is -0.453 e. The molecule has 0 aliphatic rings. The molecule has 0 aromatic rings. The van der Waals surface area contributed by atoms with Crippen LogP contribution in [0, 0.1) is 0 Å². The van der Waals surface area contributed by atoms with Crippen LogP contribution in [0.5, 0.6) is 0 Å². The summed E-state index contributed by atoms with van der Waals surface area (Å²) < 4.78 is 92.9. The summed E-state index contributed by atoms with van der Waals surface area (Å²) in [5.74, 6) is -11.6. The number of allylic oxidation sites excluding steroid dienone is 2. The van der Waals surface area contributed by atoms with Gasteiger partial charge in [0.25, 0.3) is 5.92 Å². The summed E-state index contributed by atoms with van der Waals surface area (Å²) in [6.07, 6.45) is -5.02. The molecule has 0 spiro atoms. The first-order valence-electron chi connectivity index (χ1n) is 5.78. The topological polar surface area (TPSA) is 52.6 Å². The third-order valence-electron chi connectivity index (χ3n) is 1.90. The molecule has 0 unspecified atom stereocenters. The van der Waals surface area contributed by atoms with E-state index in [4.69, 9.17) is 0 Å². The molecule has 0 saturated heterocycles. The van der Waals surface area contributed by atoms with Gasteiger partial charge in [0, 0.05) is 6.92 Å². The summed E-state index contributed by atoms with van der Waals surface area (Å²) >= 11 is 0. The van der Waals surface area contributed by atoms with Crippen molar-refractivity contribution in [3.8, 4) is 0 Å². The van der Waals surface area contributed by atoms with E-state index in [0.717, 1.165) is 6.08 Å². The van der Waals surface area contributed by atoms with Crippen molar-refractivity contribution < 1.29 is 49.8 Å². The second kappa shape index (κ2) is 7.97. The highest BCUT2D eigenvalue weighted by Crippen LogP contribution is 2.36. The van der Waals surface area contributed by atoms with Gasteiger partial charge in [-0.15, -0.1) is 0 Å². The van der Waals surface area contributed by atoms with Gasteiger partial charge in [0.15, 0.2) is 0 Å². The Morgan fingerprint density at radius 1 is 0.826 bits per heavy atom. The van der Waals surface area contributed by atoms with E-state index in [9.17, 15) is 40.3 Å². The molecule has 0 aliphatic heterocycles. The first kappa shape index (κ1) is 20.9. The van der Waals surface area contributed by atoms with Crippen molar-refractivity contribution in [2.45, 2.75) is 24.9 Å². The van der Waals surface area contributed by atoms with Crippen LogP contribution in [0.1, 0.15) is 6.92 Å². The molecule has 23 heavy (non-hydrogen) atoms. The first-order valence-corrected chi connectivity index (χ1v) is 5.78. The van der Waals surface area contributed by atoms with Crippen molar-refractivity contribution in [1.29, 1.82) is 0 Å². The lowest BCUT2D eigenvalue weighted by Gasteiger charge is -2.15. The zero-order valence-electron chi connectivity index (χ0n) is 11.5. The van der Waals surface area contributed by atoms with Gasteiger partial charge in [-0.25, -0.2) is 18.4 Å². The van der Waals surface area contributed by atoms with Gasteiger partial charge in [0.1, 0.15) is 13.2 Å². The lowest BCUT2D eigenvalue weighted by Crippen LogP contribution is -2.34. The summed E-state index contributed by atoms with van der Waals surface area (Å²) in [5.41, 5.74) is 0. The Labute approximate surface area is 125 Å². The Balaban J connectivity index is 4.21. The SMILES string of the molecule is CC(F)(F)C=CCOC(=O)C(=O)OCC=CC(F)(F)C(F)(F)F. The molecule has 0 aromatic carbocycles. The van der Waals surface area contributed by atoms with Gasteiger partial charge in [-0.3, -0.25) is 0 Å². The van der Waals surface area contributed by atoms with Gasteiger partial charge >= 0.3 is 24.0 Å². The van der Waals surface area contributed by atoms with E-state index in [0.29, 0.717) is 13.0 Å². The summed E-state index contributed by atoms with van der Waals surface area (Å²) in [4.78, 5) is 21.9. The number of carbonyl (C=O) groups is 2. The van der Waals surface area contributed by atoms with Crippen molar-refractivity contribution in [2.24, 2.45) is 0 Å². The van der Waals surface area contributed by atoms with E-state index in [1.807, 2.05) is 0 Å². The Bertz CT molecular complexity index is 475. The molecule has 0 atom stereocenters. The zero-order chi connectivity index (χ0) is 18.3. The van der Waals surface area contributed by atoms with Crippen LogP contribution in [-0.4, -0.2) is 43.2 Å². The van der Waals surface area contributed by atoms with E-state index in [-0.39, 0.29) is 6.08 Å². The van der Waals surface area contributed by atoms with E-state index in [1.54, 1.807) is 0 Å². The second-order valence-corrected chi connectivity index (χ2v) is 4.08. The quantitative estimate of drug-likeness (QED) is 0.319. The van der Waals surface area contributed by atoms with Crippen LogP contribution in [0.25, 0.3) is 0 Å². The maximum Gasteiger partial charge on any atom is 0.457 e. The fraction of sp³-hybridized carbons (Fsp3) is 0.500. The largest absolute Gasteiger partial charge is 0.457 e.